The molecular weight excluding hydrogens is 310 g/mol. The highest BCUT2D eigenvalue weighted by molar-refractivity contribution is 7.15. The fourth-order valence-electron chi connectivity index (χ4n) is 1.89. The van der Waals surface area contributed by atoms with Gasteiger partial charge in [0.05, 0.1) is 5.69 Å². The van der Waals surface area contributed by atoms with Crippen molar-refractivity contribution in [2.45, 2.75) is 20.8 Å². The van der Waals surface area contributed by atoms with Gasteiger partial charge < -0.3 is 16.4 Å². The summed E-state index contributed by atoms with van der Waals surface area (Å²) in [7, 11) is 0. The molecule has 3 rings (SSSR count). The molecule has 8 heteroatoms. The minimum Gasteiger partial charge on any atom is -0.393 e. The summed E-state index contributed by atoms with van der Waals surface area (Å²) < 4.78 is 0. The van der Waals surface area contributed by atoms with Gasteiger partial charge in [-0.15, -0.1) is 11.3 Å². The van der Waals surface area contributed by atoms with E-state index in [1.807, 2.05) is 32.9 Å². The number of nitrogens with zero attached hydrogens (tertiary/aromatic N) is 4. The van der Waals surface area contributed by atoms with Gasteiger partial charge in [0.1, 0.15) is 17.8 Å². The average Bonchev–Trinajstić information content (AvgIpc) is 2.84. The Morgan fingerprint density at radius 1 is 1.00 bits per heavy atom. The second kappa shape index (κ2) is 6.17. The molecule has 0 saturated carbocycles. The Hall–Kier alpha value is -2.74. The molecule has 0 atom stereocenters. The molecule has 4 N–H and O–H groups in total. The van der Waals surface area contributed by atoms with Gasteiger partial charge in [0.25, 0.3) is 0 Å². The van der Waals surface area contributed by atoms with Gasteiger partial charge in [-0.3, -0.25) is 0 Å². The lowest BCUT2D eigenvalue weighted by atomic mass is 10.3. The van der Waals surface area contributed by atoms with E-state index in [1.54, 1.807) is 17.5 Å². The van der Waals surface area contributed by atoms with Gasteiger partial charge >= 0.3 is 0 Å². The van der Waals surface area contributed by atoms with Crippen LogP contribution in [0.1, 0.15) is 16.1 Å². The molecule has 23 heavy (non-hydrogen) atoms. The Labute approximate surface area is 138 Å². The summed E-state index contributed by atoms with van der Waals surface area (Å²) in [6.07, 6.45) is 3.22. The van der Waals surface area contributed by atoms with Crippen molar-refractivity contribution in [3.8, 4) is 0 Å². The Morgan fingerprint density at radius 3 is 2.35 bits per heavy atom. The zero-order valence-corrected chi connectivity index (χ0v) is 13.9. The van der Waals surface area contributed by atoms with Crippen LogP contribution in [-0.4, -0.2) is 19.9 Å². The van der Waals surface area contributed by atoms with Gasteiger partial charge in [-0.05, 0) is 32.4 Å². The van der Waals surface area contributed by atoms with Gasteiger partial charge in [0.2, 0.25) is 0 Å². The van der Waals surface area contributed by atoms with Gasteiger partial charge in [-0.1, -0.05) is 6.07 Å². The van der Waals surface area contributed by atoms with Crippen LogP contribution in [0, 0.1) is 20.8 Å². The maximum absolute atomic E-state index is 6.15. The van der Waals surface area contributed by atoms with Crippen LogP contribution in [0.25, 0.3) is 0 Å². The largest absolute Gasteiger partial charge is 0.393 e. The summed E-state index contributed by atoms with van der Waals surface area (Å²) in [5, 5.41) is 6.99. The molecule has 0 aliphatic heterocycles. The van der Waals surface area contributed by atoms with Crippen molar-refractivity contribution in [2.24, 2.45) is 0 Å². The van der Waals surface area contributed by atoms with E-state index in [0.717, 1.165) is 21.3 Å². The standard InChI is InChI=1S/C15H17N7S/c1-8-4-5-11(17-6-8)21-13-12(16)14(19-7-18-13)22-15-20-9(2)10(3)23-15/h4-7H,16H2,1-3H3,(H2,17,18,19,20,21,22). The maximum atomic E-state index is 6.15. The van der Waals surface area contributed by atoms with Crippen molar-refractivity contribution in [1.29, 1.82) is 0 Å². The monoisotopic (exact) mass is 327 g/mol. The number of pyridine rings is 1. The number of thiazole rings is 1. The van der Waals surface area contributed by atoms with Gasteiger partial charge in [0.15, 0.2) is 16.8 Å². The normalized spacial score (nSPS) is 10.6. The molecule has 0 spiro atoms. The second-order valence-corrected chi connectivity index (χ2v) is 6.32. The molecule has 0 aliphatic rings. The Morgan fingerprint density at radius 2 is 1.74 bits per heavy atom. The maximum Gasteiger partial charge on any atom is 0.188 e. The van der Waals surface area contributed by atoms with Crippen LogP contribution in [0.2, 0.25) is 0 Å². The lowest BCUT2D eigenvalue weighted by molar-refractivity contribution is 1.15. The number of aromatic nitrogens is 4. The molecule has 0 radical (unpaired) electrons. The molecule has 0 saturated heterocycles. The fourth-order valence-corrected chi connectivity index (χ4v) is 2.70. The topological polar surface area (TPSA) is 102 Å². The first-order valence-corrected chi connectivity index (χ1v) is 7.86. The average molecular weight is 327 g/mol. The third kappa shape index (κ3) is 3.37. The highest BCUT2D eigenvalue weighted by Gasteiger charge is 2.11. The van der Waals surface area contributed by atoms with E-state index in [9.17, 15) is 0 Å². The van der Waals surface area contributed by atoms with Crippen LogP contribution < -0.4 is 16.4 Å². The first-order chi connectivity index (χ1) is 11.0. The first-order valence-electron chi connectivity index (χ1n) is 7.04. The highest BCUT2D eigenvalue weighted by atomic mass is 32.1. The molecular formula is C15H17N7S. The number of aryl methyl sites for hydroxylation is 3. The van der Waals surface area contributed by atoms with Crippen molar-refractivity contribution < 1.29 is 0 Å². The van der Waals surface area contributed by atoms with E-state index < -0.39 is 0 Å². The number of anilines is 5. The summed E-state index contributed by atoms with van der Waals surface area (Å²) in [6.45, 7) is 5.98. The Balaban J connectivity index is 1.84. The number of nitrogens with two attached hydrogens (primary N) is 1. The molecule has 3 aromatic heterocycles. The van der Waals surface area contributed by atoms with Crippen LogP contribution in [0.5, 0.6) is 0 Å². The third-order valence-electron chi connectivity index (χ3n) is 3.30. The predicted octanol–water partition coefficient (Wildman–Crippen LogP) is 3.32. The molecule has 0 aliphatic carbocycles. The first kappa shape index (κ1) is 15.2. The van der Waals surface area contributed by atoms with Crippen LogP contribution in [0.15, 0.2) is 24.7 Å². The third-order valence-corrected chi connectivity index (χ3v) is 4.28. The van der Waals surface area contributed by atoms with Gasteiger partial charge in [-0.25, -0.2) is 19.9 Å². The van der Waals surface area contributed by atoms with E-state index in [2.05, 4.69) is 30.6 Å². The van der Waals surface area contributed by atoms with E-state index in [-0.39, 0.29) is 0 Å². The lowest BCUT2D eigenvalue weighted by Gasteiger charge is -2.10. The van der Waals surface area contributed by atoms with Crippen molar-refractivity contribution in [3.05, 3.63) is 40.8 Å². The van der Waals surface area contributed by atoms with E-state index in [0.29, 0.717) is 23.1 Å². The van der Waals surface area contributed by atoms with Gasteiger partial charge in [-0.2, -0.15) is 0 Å². The lowest BCUT2D eigenvalue weighted by Crippen LogP contribution is -2.05. The van der Waals surface area contributed by atoms with Crippen molar-refractivity contribution in [1.82, 2.24) is 19.9 Å². The summed E-state index contributed by atoms with van der Waals surface area (Å²) in [5.41, 5.74) is 8.65. The van der Waals surface area contributed by atoms with E-state index >= 15 is 0 Å². The Bertz CT molecular complexity index is 807. The molecule has 0 aromatic carbocycles. The molecule has 0 bridgehead atoms. The van der Waals surface area contributed by atoms with Gasteiger partial charge in [0, 0.05) is 11.1 Å². The number of hydrogen-bond acceptors (Lipinski definition) is 8. The van der Waals surface area contributed by atoms with Crippen molar-refractivity contribution in [2.75, 3.05) is 16.4 Å². The summed E-state index contributed by atoms with van der Waals surface area (Å²) in [4.78, 5) is 18.2. The summed E-state index contributed by atoms with van der Waals surface area (Å²) in [6, 6.07) is 3.84. The molecule has 0 amide bonds. The van der Waals surface area contributed by atoms with Crippen LogP contribution >= 0.6 is 11.3 Å². The summed E-state index contributed by atoms with van der Waals surface area (Å²) in [5.74, 6) is 1.69. The number of nitrogen functional groups attached to an aromatic ring is 1. The zero-order chi connectivity index (χ0) is 16.4. The molecule has 118 valence electrons. The predicted molar refractivity (Wildman–Crippen MR) is 93.6 cm³/mol. The quantitative estimate of drug-likeness (QED) is 0.675. The van der Waals surface area contributed by atoms with E-state index in [4.69, 9.17) is 5.73 Å². The summed E-state index contributed by atoms with van der Waals surface area (Å²) >= 11 is 1.56. The van der Waals surface area contributed by atoms with Crippen LogP contribution in [0.4, 0.5) is 28.3 Å². The van der Waals surface area contributed by atoms with Crippen LogP contribution in [-0.2, 0) is 0 Å². The molecule has 7 nitrogen and oxygen atoms in total. The minimum atomic E-state index is 0.417. The van der Waals surface area contributed by atoms with Crippen LogP contribution in [0.3, 0.4) is 0 Å². The number of hydrogen-bond donors (Lipinski definition) is 3. The van der Waals surface area contributed by atoms with E-state index in [1.165, 1.54) is 6.33 Å². The zero-order valence-electron chi connectivity index (χ0n) is 13.1. The molecule has 0 unspecified atom stereocenters. The fraction of sp³-hybridized carbons (Fsp3) is 0.200. The number of rotatable bonds is 4. The van der Waals surface area contributed by atoms with Crippen molar-refractivity contribution in [3.63, 3.8) is 0 Å². The van der Waals surface area contributed by atoms with Crippen molar-refractivity contribution >= 4 is 39.6 Å². The SMILES string of the molecule is Cc1ccc(Nc2ncnc(Nc3nc(C)c(C)s3)c2N)nc1. The smallest absolute Gasteiger partial charge is 0.188 e. The number of nitrogens with one attached hydrogen (secondary N) is 2. The molecule has 0 fully saturated rings. The second-order valence-electron chi connectivity index (χ2n) is 5.12. The minimum absolute atomic E-state index is 0.417. The molecule has 3 aromatic rings. The highest BCUT2D eigenvalue weighted by Crippen LogP contribution is 2.30. The Kier molecular flexibility index (Phi) is 4.07. The molecule has 3 heterocycles.